The fourth-order valence-electron chi connectivity index (χ4n) is 2.27. The van der Waals surface area contributed by atoms with Crippen LogP contribution in [0.15, 0.2) is 59.1 Å². The van der Waals surface area contributed by atoms with Gasteiger partial charge in [0.05, 0.1) is 0 Å². The van der Waals surface area contributed by atoms with Crippen molar-refractivity contribution < 1.29 is 18.4 Å². The summed E-state index contributed by atoms with van der Waals surface area (Å²) < 4.78 is 23.5. The minimum absolute atomic E-state index is 0.280. The second kappa shape index (κ2) is 8.24. The van der Waals surface area contributed by atoms with Gasteiger partial charge in [-0.05, 0) is 31.2 Å². The number of hydrogen-bond acceptors (Lipinski definition) is 5. The number of nitrogens with one attached hydrogen (secondary N) is 1. The molecule has 1 atom stereocenters. The van der Waals surface area contributed by atoms with Crippen molar-refractivity contribution in [2.45, 2.75) is 19.4 Å². The molecule has 1 unspecified atom stereocenters. The van der Waals surface area contributed by atoms with Crippen LogP contribution in [-0.2, 0) is 11.2 Å². The van der Waals surface area contributed by atoms with Crippen LogP contribution in [-0.4, -0.2) is 28.7 Å². The number of amides is 1. The van der Waals surface area contributed by atoms with Gasteiger partial charge in [0, 0.05) is 18.5 Å². The Morgan fingerprint density at radius 3 is 2.65 bits per heavy atom. The summed E-state index contributed by atoms with van der Waals surface area (Å²) in [4.78, 5) is 16.4. The molecule has 1 amide bonds. The molecule has 0 aliphatic heterocycles. The van der Waals surface area contributed by atoms with Gasteiger partial charge in [0.1, 0.15) is 11.6 Å². The second-order valence-corrected chi connectivity index (χ2v) is 5.63. The molecular formula is C19H18FN3O3. The Kier molecular flexibility index (Phi) is 5.58. The zero-order valence-corrected chi connectivity index (χ0v) is 14.2. The topological polar surface area (TPSA) is 77.2 Å². The molecule has 26 heavy (non-hydrogen) atoms. The van der Waals surface area contributed by atoms with Crippen LogP contribution in [0.1, 0.15) is 12.8 Å². The first-order valence-electron chi connectivity index (χ1n) is 8.20. The van der Waals surface area contributed by atoms with Crippen molar-refractivity contribution in [3.63, 3.8) is 0 Å². The van der Waals surface area contributed by atoms with Gasteiger partial charge in [-0.25, -0.2) is 4.39 Å². The molecular weight excluding hydrogens is 337 g/mol. The van der Waals surface area contributed by atoms with E-state index in [0.29, 0.717) is 30.4 Å². The van der Waals surface area contributed by atoms with E-state index in [0.717, 1.165) is 5.56 Å². The zero-order chi connectivity index (χ0) is 18.4. The molecule has 6 nitrogen and oxygen atoms in total. The van der Waals surface area contributed by atoms with Gasteiger partial charge in [-0.1, -0.05) is 35.5 Å². The molecule has 0 spiro atoms. The maximum absolute atomic E-state index is 12.9. The van der Waals surface area contributed by atoms with Crippen molar-refractivity contribution in [3.8, 4) is 17.1 Å². The van der Waals surface area contributed by atoms with Crippen LogP contribution in [0.25, 0.3) is 11.4 Å². The van der Waals surface area contributed by atoms with Gasteiger partial charge < -0.3 is 14.6 Å². The highest BCUT2D eigenvalue weighted by atomic mass is 19.1. The van der Waals surface area contributed by atoms with Crippen molar-refractivity contribution in [1.29, 1.82) is 0 Å². The lowest BCUT2D eigenvalue weighted by Gasteiger charge is -2.14. The number of aromatic nitrogens is 2. The summed E-state index contributed by atoms with van der Waals surface area (Å²) in [7, 11) is 0. The van der Waals surface area contributed by atoms with E-state index in [-0.39, 0.29) is 11.7 Å². The molecule has 0 aliphatic carbocycles. The van der Waals surface area contributed by atoms with E-state index in [2.05, 4.69) is 15.5 Å². The third kappa shape index (κ3) is 4.66. The van der Waals surface area contributed by atoms with Crippen molar-refractivity contribution in [1.82, 2.24) is 15.5 Å². The van der Waals surface area contributed by atoms with Gasteiger partial charge in [-0.3, -0.25) is 4.79 Å². The molecule has 7 heteroatoms. The molecule has 134 valence electrons. The lowest BCUT2D eigenvalue weighted by Crippen LogP contribution is -2.37. The Labute approximate surface area is 150 Å². The molecule has 0 saturated heterocycles. The number of halogens is 1. The van der Waals surface area contributed by atoms with E-state index in [1.807, 2.05) is 30.3 Å². The first-order valence-corrected chi connectivity index (χ1v) is 8.20. The number of rotatable bonds is 7. The zero-order valence-electron chi connectivity index (χ0n) is 14.2. The molecule has 0 saturated carbocycles. The van der Waals surface area contributed by atoms with E-state index in [1.54, 1.807) is 6.92 Å². The average Bonchev–Trinajstić information content (AvgIpc) is 3.13. The maximum Gasteiger partial charge on any atom is 0.260 e. The van der Waals surface area contributed by atoms with Gasteiger partial charge in [-0.2, -0.15) is 4.98 Å². The van der Waals surface area contributed by atoms with Gasteiger partial charge in [0.15, 0.2) is 6.10 Å². The summed E-state index contributed by atoms with van der Waals surface area (Å²) in [6, 6.07) is 15.0. The van der Waals surface area contributed by atoms with Crippen LogP contribution in [0.5, 0.6) is 5.75 Å². The monoisotopic (exact) mass is 355 g/mol. The SMILES string of the molecule is CC(Oc1ccc(F)cc1)C(=O)NCCc1nc(-c2ccccc2)no1. The first kappa shape index (κ1) is 17.6. The summed E-state index contributed by atoms with van der Waals surface area (Å²) in [6.07, 6.45) is -0.294. The summed E-state index contributed by atoms with van der Waals surface area (Å²) in [5, 5.41) is 6.67. The predicted octanol–water partition coefficient (Wildman–Crippen LogP) is 3.00. The normalized spacial score (nSPS) is 11.8. The lowest BCUT2D eigenvalue weighted by atomic mass is 10.2. The van der Waals surface area contributed by atoms with E-state index in [9.17, 15) is 9.18 Å². The molecule has 3 rings (SSSR count). The quantitative estimate of drug-likeness (QED) is 0.705. The van der Waals surface area contributed by atoms with Crippen molar-refractivity contribution in [3.05, 3.63) is 66.3 Å². The number of ether oxygens (including phenoxy) is 1. The minimum atomic E-state index is -0.706. The Hall–Kier alpha value is -3.22. The second-order valence-electron chi connectivity index (χ2n) is 5.63. The van der Waals surface area contributed by atoms with Crippen LogP contribution < -0.4 is 10.1 Å². The van der Waals surface area contributed by atoms with Crippen LogP contribution >= 0.6 is 0 Å². The van der Waals surface area contributed by atoms with Gasteiger partial charge in [-0.15, -0.1) is 0 Å². The molecule has 1 heterocycles. The molecule has 0 fully saturated rings. The Morgan fingerprint density at radius 2 is 1.92 bits per heavy atom. The maximum atomic E-state index is 12.9. The number of hydrogen-bond donors (Lipinski definition) is 1. The molecule has 1 N–H and O–H groups in total. The summed E-state index contributed by atoms with van der Waals surface area (Å²) in [6.45, 7) is 1.96. The predicted molar refractivity (Wildman–Crippen MR) is 92.9 cm³/mol. The summed E-state index contributed by atoms with van der Waals surface area (Å²) in [5.41, 5.74) is 0.868. The average molecular weight is 355 g/mol. The fraction of sp³-hybridized carbons (Fsp3) is 0.211. The molecule has 2 aromatic carbocycles. The van der Waals surface area contributed by atoms with Crippen molar-refractivity contribution in [2.24, 2.45) is 0 Å². The fourth-order valence-corrected chi connectivity index (χ4v) is 2.27. The number of carbonyl (C=O) groups excluding carboxylic acids is 1. The van der Waals surface area contributed by atoms with Crippen LogP contribution in [0.3, 0.4) is 0 Å². The van der Waals surface area contributed by atoms with E-state index >= 15 is 0 Å². The van der Waals surface area contributed by atoms with Gasteiger partial charge in [0.25, 0.3) is 5.91 Å². The molecule has 0 bridgehead atoms. The minimum Gasteiger partial charge on any atom is -0.481 e. The highest BCUT2D eigenvalue weighted by Gasteiger charge is 2.15. The van der Waals surface area contributed by atoms with Gasteiger partial charge >= 0.3 is 0 Å². The third-order valence-electron chi connectivity index (χ3n) is 3.63. The van der Waals surface area contributed by atoms with Gasteiger partial charge in [0.2, 0.25) is 11.7 Å². The largest absolute Gasteiger partial charge is 0.481 e. The molecule has 0 aliphatic rings. The van der Waals surface area contributed by atoms with E-state index in [1.165, 1.54) is 24.3 Å². The van der Waals surface area contributed by atoms with Crippen LogP contribution in [0, 0.1) is 5.82 Å². The number of carbonyl (C=O) groups is 1. The van der Waals surface area contributed by atoms with E-state index < -0.39 is 6.10 Å². The van der Waals surface area contributed by atoms with Crippen molar-refractivity contribution in [2.75, 3.05) is 6.54 Å². The first-order chi connectivity index (χ1) is 12.6. The highest BCUT2D eigenvalue weighted by molar-refractivity contribution is 5.80. The Morgan fingerprint density at radius 1 is 1.19 bits per heavy atom. The summed E-state index contributed by atoms with van der Waals surface area (Å²) >= 11 is 0. The third-order valence-corrected chi connectivity index (χ3v) is 3.63. The van der Waals surface area contributed by atoms with Crippen LogP contribution in [0.2, 0.25) is 0 Å². The summed E-state index contributed by atoms with van der Waals surface area (Å²) in [5.74, 6) is 0.746. The Balaban J connectivity index is 1.46. The highest BCUT2D eigenvalue weighted by Crippen LogP contribution is 2.15. The number of benzene rings is 2. The van der Waals surface area contributed by atoms with Crippen molar-refractivity contribution >= 4 is 5.91 Å². The number of nitrogens with zero attached hydrogens (tertiary/aromatic N) is 2. The van der Waals surface area contributed by atoms with Crippen LogP contribution in [0.4, 0.5) is 4.39 Å². The standard InChI is InChI=1S/C19H18FN3O3/c1-13(25-16-9-7-15(20)8-10-16)19(24)21-12-11-17-22-18(23-26-17)14-5-3-2-4-6-14/h2-10,13H,11-12H2,1H3,(H,21,24). The molecule has 3 aromatic rings. The van der Waals surface area contributed by atoms with E-state index in [4.69, 9.17) is 9.26 Å². The molecule has 0 radical (unpaired) electrons. The molecule has 1 aromatic heterocycles. The lowest BCUT2D eigenvalue weighted by molar-refractivity contribution is -0.127. The smallest absolute Gasteiger partial charge is 0.260 e. The Bertz CT molecular complexity index is 850.